The number of hydrogen-bond donors (Lipinski definition) is 1. The van der Waals surface area contributed by atoms with Crippen LogP contribution in [0.1, 0.15) is 32.6 Å². The lowest BCUT2D eigenvalue weighted by molar-refractivity contribution is -0.114. The van der Waals surface area contributed by atoms with Crippen LogP contribution in [0.4, 0.5) is 11.4 Å². The molecule has 7 nitrogen and oxygen atoms in total. The van der Waals surface area contributed by atoms with E-state index in [1.807, 2.05) is 32.9 Å². The number of ether oxygens (including phenoxy) is 1. The summed E-state index contributed by atoms with van der Waals surface area (Å²) in [6.07, 6.45) is 1.07. The molecular weight excluding hydrogens is 392 g/mol. The second kappa shape index (κ2) is 8.65. The SMILES string of the molecule is COC(=O)c1cccc(NC(=O)CN(c2c(C)cc(C)cc2C)S(C)(=O)=O)c1C. The van der Waals surface area contributed by atoms with Gasteiger partial charge in [-0.15, -0.1) is 0 Å². The first-order chi connectivity index (χ1) is 13.5. The summed E-state index contributed by atoms with van der Waals surface area (Å²) in [5, 5.41) is 2.70. The Balaban J connectivity index is 2.36. The maximum atomic E-state index is 12.7. The number of benzene rings is 2. The summed E-state index contributed by atoms with van der Waals surface area (Å²) >= 11 is 0. The minimum Gasteiger partial charge on any atom is -0.465 e. The van der Waals surface area contributed by atoms with Gasteiger partial charge in [0, 0.05) is 5.69 Å². The fourth-order valence-electron chi connectivity index (χ4n) is 3.35. The number of carbonyl (C=O) groups excluding carboxylic acids is 2. The fourth-order valence-corrected chi connectivity index (χ4v) is 4.32. The van der Waals surface area contributed by atoms with Crippen LogP contribution >= 0.6 is 0 Å². The molecule has 0 fully saturated rings. The van der Waals surface area contributed by atoms with Crippen LogP contribution in [0.3, 0.4) is 0 Å². The fraction of sp³-hybridized carbons (Fsp3) is 0.333. The van der Waals surface area contributed by atoms with E-state index in [0.29, 0.717) is 22.5 Å². The second-order valence-electron chi connectivity index (χ2n) is 7.03. The minimum absolute atomic E-state index is 0.329. The molecule has 156 valence electrons. The lowest BCUT2D eigenvalue weighted by Gasteiger charge is -2.26. The first kappa shape index (κ1) is 22.4. The lowest BCUT2D eigenvalue weighted by Crippen LogP contribution is -2.38. The molecule has 0 aliphatic rings. The third kappa shape index (κ3) is 5.14. The van der Waals surface area contributed by atoms with Gasteiger partial charge in [-0.3, -0.25) is 9.10 Å². The summed E-state index contributed by atoms with van der Waals surface area (Å²) in [4.78, 5) is 24.5. The molecule has 1 amide bonds. The van der Waals surface area contributed by atoms with Crippen molar-refractivity contribution in [3.8, 4) is 0 Å². The van der Waals surface area contributed by atoms with Gasteiger partial charge in [0.15, 0.2) is 0 Å². The molecule has 0 saturated heterocycles. The van der Waals surface area contributed by atoms with E-state index in [1.54, 1.807) is 25.1 Å². The minimum atomic E-state index is -3.70. The molecule has 29 heavy (non-hydrogen) atoms. The molecule has 8 heteroatoms. The van der Waals surface area contributed by atoms with Crippen molar-refractivity contribution in [2.75, 3.05) is 29.5 Å². The number of esters is 1. The molecule has 1 N–H and O–H groups in total. The largest absolute Gasteiger partial charge is 0.465 e. The highest BCUT2D eigenvalue weighted by atomic mass is 32.2. The molecule has 0 spiro atoms. The highest BCUT2D eigenvalue weighted by Crippen LogP contribution is 2.28. The summed E-state index contributed by atoms with van der Waals surface area (Å²) in [5.41, 5.74) is 4.33. The van der Waals surface area contributed by atoms with Gasteiger partial charge in [-0.05, 0) is 56.5 Å². The number of hydrogen-bond acceptors (Lipinski definition) is 5. The van der Waals surface area contributed by atoms with Crippen molar-refractivity contribution in [3.05, 3.63) is 58.1 Å². The quantitative estimate of drug-likeness (QED) is 0.728. The van der Waals surface area contributed by atoms with E-state index in [2.05, 4.69) is 5.32 Å². The van der Waals surface area contributed by atoms with E-state index in [1.165, 1.54) is 7.11 Å². The van der Waals surface area contributed by atoms with Gasteiger partial charge in [0.05, 0.1) is 24.6 Å². The predicted octanol–water partition coefficient (Wildman–Crippen LogP) is 3.11. The van der Waals surface area contributed by atoms with E-state index >= 15 is 0 Å². The summed E-state index contributed by atoms with van der Waals surface area (Å²) in [7, 11) is -2.42. The number of amides is 1. The number of rotatable bonds is 6. The molecule has 0 aliphatic carbocycles. The van der Waals surface area contributed by atoms with Crippen molar-refractivity contribution < 1.29 is 22.7 Å². The van der Waals surface area contributed by atoms with Crippen LogP contribution in [0.25, 0.3) is 0 Å². The zero-order valence-electron chi connectivity index (χ0n) is 17.5. The van der Waals surface area contributed by atoms with E-state index in [9.17, 15) is 18.0 Å². The Morgan fingerprint density at radius 2 is 1.66 bits per heavy atom. The number of aryl methyl sites for hydroxylation is 3. The van der Waals surface area contributed by atoms with E-state index in [-0.39, 0.29) is 6.54 Å². The molecule has 0 aliphatic heterocycles. The Morgan fingerprint density at radius 1 is 1.07 bits per heavy atom. The molecular formula is C21H26N2O5S. The van der Waals surface area contributed by atoms with E-state index < -0.39 is 21.9 Å². The van der Waals surface area contributed by atoms with Crippen molar-refractivity contribution in [2.24, 2.45) is 0 Å². The van der Waals surface area contributed by atoms with Gasteiger partial charge in [-0.1, -0.05) is 23.8 Å². The maximum Gasteiger partial charge on any atom is 0.338 e. The Kier molecular flexibility index (Phi) is 6.69. The summed E-state index contributed by atoms with van der Waals surface area (Å²) in [6.45, 7) is 6.86. The summed E-state index contributed by atoms with van der Waals surface area (Å²) in [6, 6.07) is 8.62. The zero-order valence-corrected chi connectivity index (χ0v) is 18.3. The van der Waals surface area contributed by atoms with Crippen LogP contribution in [0.15, 0.2) is 30.3 Å². The Hall–Kier alpha value is -2.87. The molecule has 0 bridgehead atoms. The van der Waals surface area contributed by atoms with Gasteiger partial charge in [0.2, 0.25) is 15.9 Å². The van der Waals surface area contributed by atoms with Crippen LogP contribution < -0.4 is 9.62 Å². The Bertz CT molecular complexity index is 1040. The summed E-state index contributed by atoms with van der Waals surface area (Å²) in [5.74, 6) is -1.03. The van der Waals surface area contributed by atoms with E-state index in [0.717, 1.165) is 27.3 Å². The normalized spacial score (nSPS) is 11.1. The maximum absolute atomic E-state index is 12.7. The lowest BCUT2D eigenvalue weighted by atomic mass is 10.1. The van der Waals surface area contributed by atoms with Gasteiger partial charge >= 0.3 is 5.97 Å². The van der Waals surface area contributed by atoms with Crippen molar-refractivity contribution in [1.29, 1.82) is 0 Å². The number of nitrogens with zero attached hydrogens (tertiary/aromatic N) is 1. The number of sulfonamides is 1. The number of anilines is 2. The smallest absolute Gasteiger partial charge is 0.338 e. The van der Waals surface area contributed by atoms with Crippen molar-refractivity contribution in [2.45, 2.75) is 27.7 Å². The first-order valence-electron chi connectivity index (χ1n) is 8.99. The summed E-state index contributed by atoms with van der Waals surface area (Å²) < 4.78 is 30.7. The Morgan fingerprint density at radius 3 is 2.17 bits per heavy atom. The van der Waals surface area contributed by atoms with Crippen molar-refractivity contribution >= 4 is 33.3 Å². The monoisotopic (exact) mass is 418 g/mol. The molecule has 2 aromatic rings. The predicted molar refractivity (Wildman–Crippen MR) is 114 cm³/mol. The van der Waals surface area contributed by atoms with Gasteiger partial charge in [-0.25, -0.2) is 13.2 Å². The van der Waals surface area contributed by atoms with E-state index in [4.69, 9.17) is 4.74 Å². The van der Waals surface area contributed by atoms with Crippen molar-refractivity contribution in [1.82, 2.24) is 0 Å². The molecule has 2 rings (SSSR count). The van der Waals surface area contributed by atoms with Crippen LogP contribution in [-0.2, 0) is 19.6 Å². The van der Waals surface area contributed by atoms with Crippen LogP contribution in [0.2, 0.25) is 0 Å². The first-order valence-corrected chi connectivity index (χ1v) is 10.8. The third-order valence-electron chi connectivity index (χ3n) is 4.59. The highest BCUT2D eigenvalue weighted by Gasteiger charge is 2.24. The second-order valence-corrected chi connectivity index (χ2v) is 8.94. The molecule has 0 aromatic heterocycles. The van der Waals surface area contributed by atoms with Crippen LogP contribution in [0, 0.1) is 27.7 Å². The Labute approximate surface area is 171 Å². The topological polar surface area (TPSA) is 92.8 Å². The third-order valence-corrected chi connectivity index (χ3v) is 5.70. The molecule has 2 aromatic carbocycles. The number of methoxy groups -OCH3 is 1. The number of nitrogens with one attached hydrogen (secondary N) is 1. The highest BCUT2D eigenvalue weighted by molar-refractivity contribution is 7.92. The molecule has 0 saturated carbocycles. The van der Waals surface area contributed by atoms with Gasteiger partial charge in [0.25, 0.3) is 0 Å². The number of carbonyl (C=O) groups is 2. The molecule has 0 atom stereocenters. The zero-order chi connectivity index (χ0) is 21.9. The molecule has 0 radical (unpaired) electrons. The van der Waals surface area contributed by atoms with Gasteiger partial charge in [-0.2, -0.15) is 0 Å². The van der Waals surface area contributed by atoms with Gasteiger partial charge < -0.3 is 10.1 Å². The van der Waals surface area contributed by atoms with Gasteiger partial charge in [0.1, 0.15) is 6.54 Å². The standard InChI is InChI=1S/C21H26N2O5S/c1-13-10-14(2)20(15(3)11-13)23(29(6,26)27)12-19(24)22-18-9-7-8-17(16(18)4)21(25)28-5/h7-11H,12H2,1-6H3,(H,22,24). The average molecular weight is 419 g/mol. The van der Waals surface area contributed by atoms with Crippen molar-refractivity contribution in [3.63, 3.8) is 0 Å². The molecule has 0 heterocycles. The molecule has 0 unspecified atom stereocenters. The van der Waals surface area contributed by atoms with Crippen LogP contribution in [0.5, 0.6) is 0 Å². The average Bonchev–Trinajstić information content (AvgIpc) is 2.60. The van der Waals surface area contributed by atoms with Crippen LogP contribution in [-0.4, -0.2) is 40.2 Å².